The average molecular weight is 265 g/mol. The van der Waals surface area contributed by atoms with Crippen molar-refractivity contribution in [3.8, 4) is 0 Å². The van der Waals surface area contributed by atoms with E-state index in [1.165, 1.54) is 12.1 Å². The highest BCUT2D eigenvalue weighted by Gasteiger charge is 2.05. The third kappa shape index (κ3) is 3.61. The van der Waals surface area contributed by atoms with Gasteiger partial charge in [-0.3, -0.25) is 4.68 Å². The summed E-state index contributed by atoms with van der Waals surface area (Å²) in [4.78, 5) is 0. The fourth-order valence-corrected chi connectivity index (χ4v) is 1.91. The van der Waals surface area contributed by atoms with Gasteiger partial charge < -0.3 is 5.32 Å². The van der Waals surface area contributed by atoms with Crippen LogP contribution in [0.1, 0.15) is 24.6 Å². The van der Waals surface area contributed by atoms with Gasteiger partial charge in [0.25, 0.3) is 0 Å². The molecule has 0 saturated carbocycles. The summed E-state index contributed by atoms with van der Waals surface area (Å²) in [7, 11) is 0. The van der Waals surface area contributed by atoms with E-state index in [-0.39, 0.29) is 0 Å². The third-order valence-corrected chi connectivity index (χ3v) is 2.88. The first kappa shape index (κ1) is 13.7. The number of halogens is 2. The van der Waals surface area contributed by atoms with E-state index >= 15 is 0 Å². The van der Waals surface area contributed by atoms with Gasteiger partial charge in [0, 0.05) is 37.5 Å². The van der Waals surface area contributed by atoms with Crippen LogP contribution in [0.25, 0.3) is 0 Å². The Bertz CT molecular complexity index is 537. The number of rotatable bonds is 6. The molecule has 0 aliphatic rings. The van der Waals surface area contributed by atoms with E-state index in [2.05, 4.69) is 17.3 Å². The summed E-state index contributed by atoms with van der Waals surface area (Å²) in [6.45, 7) is 3.93. The lowest BCUT2D eigenvalue weighted by Gasteiger charge is -2.08. The van der Waals surface area contributed by atoms with Gasteiger partial charge in [-0.15, -0.1) is 0 Å². The van der Waals surface area contributed by atoms with Crippen molar-refractivity contribution in [3.63, 3.8) is 0 Å². The normalized spacial score (nSPS) is 10.9. The first-order valence-electron chi connectivity index (χ1n) is 6.36. The van der Waals surface area contributed by atoms with Crippen molar-refractivity contribution in [3.05, 3.63) is 53.4 Å². The van der Waals surface area contributed by atoms with Crippen LogP contribution in [0.15, 0.2) is 30.5 Å². The fraction of sp³-hybridized carbons (Fsp3) is 0.357. The lowest BCUT2D eigenvalue weighted by atomic mass is 10.2. The summed E-state index contributed by atoms with van der Waals surface area (Å²) < 4.78 is 28.1. The summed E-state index contributed by atoms with van der Waals surface area (Å²) in [5, 5.41) is 7.35. The zero-order chi connectivity index (χ0) is 13.7. The van der Waals surface area contributed by atoms with Crippen molar-refractivity contribution in [1.29, 1.82) is 0 Å². The van der Waals surface area contributed by atoms with Gasteiger partial charge in [-0.2, -0.15) is 5.10 Å². The van der Waals surface area contributed by atoms with Crippen molar-refractivity contribution in [1.82, 2.24) is 15.1 Å². The topological polar surface area (TPSA) is 29.9 Å². The largest absolute Gasteiger partial charge is 0.307 e. The number of nitrogens with one attached hydrogen (secondary N) is 1. The van der Waals surface area contributed by atoms with Crippen molar-refractivity contribution < 1.29 is 8.78 Å². The number of nitrogens with zero attached hydrogens (tertiary/aromatic N) is 2. The smallest absolute Gasteiger partial charge is 0.130 e. The molecule has 19 heavy (non-hydrogen) atoms. The number of hydrogen-bond acceptors (Lipinski definition) is 2. The highest BCUT2D eigenvalue weighted by atomic mass is 19.1. The number of aryl methyl sites for hydroxylation is 1. The molecule has 0 unspecified atom stereocenters. The quantitative estimate of drug-likeness (QED) is 0.870. The monoisotopic (exact) mass is 265 g/mol. The highest BCUT2D eigenvalue weighted by Crippen LogP contribution is 2.09. The average Bonchev–Trinajstić information content (AvgIpc) is 2.80. The highest BCUT2D eigenvalue weighted by molar-refractivity contribution is 5.18. The number of hydrogen-bond donors (Lipinski definition) is 1. The Hall–Kier alpha value is -1.75. The molecule has 5 heteroatoms. The van der Waals surface area contributed by atoms with Crippen LogP contribution in [-0.4, -0.2) is 9.78 Å². The summed E-state index contributed by atoms with van der Waals surface area (Å²) in [6, 6.07) is 5.56. The van der Waals surface area contributed by atoms with E-state index in [0.717, 1.165) is 24.7 Å². The number of benzene rings is 1. The van der Waals surface area contributed by atoms with Crippen LogP contribution in [0.5, 0.6) is 0 Å². The predicted octanol–water partition coefficient (Wildman–Crippen LogP) is 2.86. The zero-order valence-corrected chi connectivity index (χ0v) is 10.9. The van der Waals surface area contributed by atoms with Gasteiger partial charge in [-0.25, -0.2) is 8.78 Å². The predicted molar refractivity (Wildman–Crippen MR) is 69.4 cm³/mol. The van der Waals surface area contributed by atoms with Crippen molar-refractivity contribution in [2.45, 2.75) is 33.0 Å². The fourth-order valence-electron chi connectivity index (χ4n) is 1.91. The maximum Gasteiger partial charge on any atom is 0.130 e. The molecule has 2 rings (SSSR count). The van der Waals surface area contributed by atoms with Crippen LogP contribution in [0.4, 0.5) is 8.78 Å². The van der Waals surface area contributed by atoms with Gasteiger partial charge in [-0.05, 0) is 18.6 Å². The molecular formula is C14H17F2N3. The Labute approximate surface area is 111 Å². The standard InChI is InChI=1S/C14H17F2N3/c1-2-7-19-13(5-6-18-19)10-17-9-11-3-4-12(15)8-14(11)16/h3-6,8,17H,2,7,9-10H2,1H3. The first-order chi connectivity index (χ1) is 9.20. The molecule has 0 amide bonds. The minimum atomic E-state index is -0.553. The Morgan fingerprint density at radius 2 is 2.05 bits per heavy atom. The molecule has 0 atom stereocenters. The van der Waals surface area contributed by atoms with Crippen molar-refractivity contribution in [2.75, 3.05) is 0 Å². The second kappa shape index (κ2) is 6.43. The molecule has 0 aliphatic heterocycles. The van der Waals surface area contributed by atoms with Crippen LogP contribution in [0, 0.1) is 11.6 Å². The van der Waals surface area contributed by atoms with E-state index in [0.29, 0.717) is 18.7 Å². The zero-order valence-electron chi connectivity index (χ0n) is 10.9. The molecule has 0 aliphatic carbocycles. The maximum absolute atomic E-state index is 13.4. The van der Waals surface area contributed by atoms with Crippen LogP contribution in [-0.2, 0) is 19.6 Å². The molecule has 102 valence electrons. The Kier molecular flexibility index (Phi) is 4.63. The van der Waals surface area contributed by atoms with Gasteiger partial charge in [0.05, 0.1) is 5.69 Å². The number of aromatic nitrogens is 2. The summed E-state index contributed by atoms with van der Waals surface area (Å²) in [6.07, 6.45) is 2.77. The second-order valence-corrected chi connectivity index (χ2v) is 4.38. The van der Waals surface area contributed by atoms with Gasteiger partial charge in [-0.1, -0.05) is 13.0 Å². The van der Waals surface area contributed by atoms with E-state index in [9.17, 15) is 8.78 Å². The Morgan fingerprint density at radius 1 is 1.21 bits per heavy atom. The van der Waals surface area contributed by atoms with Gasteiger partial charge in [0.2, 0.25) is 0 Å². The summed E-state index contributed by atoms with van der Waals surface area (Å²) in [5.41, 5.74) is 1.52. The molecule has 3 nitrogen and oxygen atoms in total. The molecule has 0 bridgehead atoms. The second-order valence-electron chi connectivity index (χ2n) is 4.38. The van der Waals surface area contributed by atoms with Crippen LogP contribution in [0.2, 0.25) is 0 Å². The van der Waals surface area contributed by atoms with E-state index in [1.807, 2.05) is 10.7 Å². The summed E-state index contributed by atoms with van der Waals surface area (Å²) >= 11 is 0. The lowest BCUT2D eigenvalue weighted by molar-refractivity contribution is 0.536. The first-order valence-corrected chi connectivity index (χ1v) is 6.36. The van der Waals surface area contributed by atoms with Crippen LogP contribution >= 0.6 is 0 Å². The Balaban J connectivity index is 1.91. The van der Waals surface area contributed by atoms with Gasteiger partial charge in [0.1, 0.15) is 11.6 Å². The van der Waals surface area contributed by atoms with Crippen LogP contribution < -0.4 is 5.32 Å². The van der Waals surface area contributed by atoms with Gasteiger partial charge >= 0.3 is 0 Å². The van der Waals surface area contributed by atoms with Crippen LogP contribution in [0.3, 0.4) is 0 Å². The van der Waals surface area contributed by atoms with E-state index in [4.69, 9.17) is 0 Å². The molecule has 1 heterocycles. The minimum Gasteiger partial charge on any atom is -0.307 e. The lowest BCUT2D eigenvalue weighted by Crippen LogP contribution is -2.17. The maximum atomic E-state index is 13.4. The SMILES string of the molecule is CCCn1nccc1CNCc1ccc(F)cc1F. The van der Waals surface area contributed by atoms with E-state index in [1.54, 1.807) is 6.20 Å². The molecule has 0 fully saturated rings. The van der Waals surface area contributed by atoms with Gasteiger partial charge in [0.15, 0.2) is 0 Å². The molecule has 1 N–H and O–H groups in total. The minimum absolute atomic E-state index is 0.365. The van der Waals surface area contributed by atoms with Crippen molar-refractivity contribution >= 4 is 0 Å². The Morgan fingerprint density at radius 3 is 2.79 bits per heavy atom. The molecule has 0 radical (unpaired) electrons. The van der Waals surface area contributed by atoms with Crippen molar-refractivity contribution in [2.24, 2.45) is 0 Å². The molecule has 1 aromatic carbocycles. The molecule has 0 saturated heterocycles. The summed E-state index contributed by atoms with van der Waals surface area (Å²) in [5.74, 6) is -1.07. The molecular weight excluding hydrogens is 248 g/mol. The third-order valence-electron chi connectivity index (χ3n) is 2.88. The molecule has 1 aromatic heterocycles. The molecule has 0 spiro atoms. The molecule has 2 aromatic rings. The van der Waals surface area contributed by atoms with E-state index < -0.39 is 11.6 Å².